The second-order valence-electron chi connectivity index (χ2n) is 4.74. The van der Waals surface area contributed by atoms with E-state index in [2.05, 4.69) is 55.3 Å². The molecule has 0 amide bonds. The van der Waals surface area contributed by atoms with Crippen LogP contribution >= 0.6 is 0 Å². The highest BCUT2D eigenvalue weighted by Crippen LogP contribution is 2.17. The molecule has 2 aromatic carbocycles. The summed E-state index contributed by atoms with van der Waals surface area (Å²) in [6.07, 6.45) is 0. The van der Waals surface area contributed by atoms with Crippen LogP contribution in [0.15, 0.2) is 54.6 Å². The standard InChI is InChI=1S/C16H20N2/c1-13-7-6-8-14(11-13)16(17)12-18(2)15-9-4-3-5-10-15/h3-11,16H,12,17H2,1-2H3. The van der Waals surface area contributed by atoms with Gasteiger partial charge in [-0.1, -0.05) is 48.0 Å². The summed E-state index contributed by atoms with van der Waals surface area (Å²) < 4.78 is 0. The molecule has 2 aromatic rings. The van der Waals surface area contributed by atoms with Gasteiger partial charge >= 0.3 is 0 Å². The maximum atomic E-state index is 6.26. The molecule has 1 unspecified atom stereocenters. The van der Waals surface area contributed by atoms with Crippen molar-refractivity contribution < 1.29 is 0 Å². The molecule has 0 bridgehead atoms. The number of hydrogen-bond acceptors (Lipinski definition) is 2. The van der Waals surface area contributed by atoms with Crippen LogP contribution in [0.4, 0.5) is 5.69 Å². The van der Waals surface area contributed by atoms with Crippen molar-refractivity contribution in [2.24, 2.45) is 5.73 Å². The molecule has 0 saturated heterocycles. The summed E-state index contributed by atoms with van der Waals surface area (Å²) >= 11 is 0. The predicted molar refractivity (Wildman–Crippen MR) is 77.8 cm³/mol. The summed E-state index contributed by atoms with van der Waals surface area (Å²) in [7, 11) is 2.07. The Kier molecular flexibility index (Phi) is 4.00. The first-order valence-corrected chi connectivity index (χ1v) is 6.25. The Bertz CT molecular complexity index is 493. The highest BCUT2D eigenvalue weighted by molar-refractivity contribution is 5.45. The molecule has 2 rings (SSSR count). The van der Waals surface area contributed by atoms with Crippen LogP contribution in [0.5, 0.6) is 0 Å². The Morgan fingerprint density at radius 3 is 2.44 bits per heavy atom. The number of aryl methyl sites for hydroxylation is 1. The van der Waals surface area contributed by atoms with Crippen LogP contribution < -0.4 is 10.6 Å². The minimum Gasteiger partial charge on any atom is -0.373 e. The van der Waals surface area contributed by atoms with Gasteiger partial charge in [-0.15, -0.1) is 0 Å². The number of rotatable bonds is 4. The fraction of sp³-hybridized carbons (Fsp3) is 0.250. The molecule has 0 heterocycles. The van der Waals surface area contributed by atoms with Crippen molar-refractivity contribution in [1.29, 1.82) is 0 Å². The number of nitrogens with two attached hydrogens (primary N) is 1. The maximum absolute atomic E-state index is 6.26. The Morgan fingerprint density at radius 2 is 1.78 bits per heavy atom. The molecule has 1 atom stereocenters. The van der Waals surface area contributed by atoms with Gasteiger partial charge in [0.05, 0.1) is 0 Å². The van der Waals surface area contributed by atoms with Gasteiger partial charge in [-0.2, -0.15) is 0 Å². The van der Waals surface area contributed by atoms with E-state index >= 15 is 0 Å². The van der Waals surface area contributed by atoms with Crippen LogP contribution in [0.3, 0.4) is 0 Å². The Labute approximate surface area is 109 Å². The second kappa shape index (κ2) is 5.69. The molecule has 0 aliphatic carbocycles. The zero-order valence-corrected chi connectivity index (χ0v) is 11.0. The molecule has 0 fully saturated rings. The molecule has 2 N–H and O–H groups in total. The average Bonchev–Trinajstić information content (AvgIpc) is 2.39. The highest BCUT2D eigenvalue weighted by atomic mass is 15.1. The number of para-hydroxylation sites is 1. The van der Waals surface area contributed by atoms with E-state index in [0.29, 0.717) is 0 Å². The number of hydrogen-bond donors (Lipinski definition) is 1. The van der Waals surface area contributed by atoms with Crippen LogP contribution in [0.1, 0.15) is 17.2 Å². The van der Waals surface area contributed by atoms with Crippen molar-refractivity contribution in [2.75, 3.05) is 18.5 Å². The van der Waals surface area contributed by atoms with Gasteiger partial charge in [0.2, 0.25) is 0 Å². The lowest BCUT2D eigenvalue weighted by molar-refractivity contribution is 0.703. The summed E-state index contributed by atoms with van der Waals surface area (Å²) in [6.45, 7) is 2.91. The van der Waals surface area contributed by atoms with E-state index in [0.717, 1.165) is 6.54 Å². The third kappa shape index (κ3) is 3.11. The summed E-state index contributed by atoms with van der Waals surface area (Å²) in [5.41, 5.74) is 9.90. The monoisotopic (exact) mass is 240 g/mol. The fourth-order valence-corrected chi connectivity index (χ4v) is 2.09. The Balaban J connectivity index is 2.05. The minimum absolute atomic E-state index is 0.0371. The molecule has 0 aliphatic heterocycles. The van der Waals surface area contributed by atoms with Crippen molar-refractivity contribution in [3.05, 3.63) is 65.7 Å². The molecule has 0 spiro atoms. The zero-order valence-electron chi connectivity index (χ0n) is 11.0. The van der Waals surface area contributed by atoms with Crippen LogP contribution in [0, 0.1) is 6.92 Å². The lowest BCUT2D eigenvalue weighted by Gasteiger charge is -2.23. The first kappa shape index (κ1) is 12.7. The normalized spacial score (nSPS) is 12.2. The van der Waals surface area contributed by atoms with E-state index in [1.165, 1.54) is 16.8 Å². The van der Waals surface area contributed by atoms with E-state index in [9.17, 15) is 0 Å². The van der Waals surface area contributed by atoms with Gasteiger partial charge in [0, 0.05) is 25.3 Å². The quantitative estimate of drug-likeness (QED) is 0.889. The van der Waals surface area contributed by atoms with E-state index in [1.807, 2.05) is 18.2 Å². The van der Waals surface area contributed by atoms with Gasteiger partial charge in [0.1, 0.15) is 0 Å². The fourth-order valence-electron chi connectivity index (χ4n) is 2.09. The number of benzene rings is 2. The number of likely N-dealkylation sites (N-methyl/N-ethyl adjacent to an activating group) is 1. The molecule has 0 radical (unpaired) electrons. The second-order valence-corrected chi connectivity index (χ2v) is 4.74. The van der Waals surface area contributed by atoms with E-state index < -0.39 is 0 Å². The molecular weight excluding hydrogens is 220 g/mol. The van der Waals surface area contributed by atoms with Gasteiger partial charge in [0.15, 0.2) is 0 Å². The van der Waals surface area contributed by atoms with E-state index in [4.69, 9.17) is 5.73 Å². The summed E-state index contributed by atoms with van der Waals surface area (Å²) in [4.78, 5) is 2.19. The number of nitrogens with zero attached hydrogens (tertiary/aromatic N) is 1. The Hall–Kier alpha value is -1.80. The van der Waals surface area contributed by atoms with Crippen LogP contribution in [-0.4, -0.2) is 13.6 Å². The topological polar surface area (TPSA) is 29.3 Å². The largest absolute Gasteiger partial charge is 0.373 e. The molecule has 2 nitrogen and oxygen atoms in total. The van der Waals surface area contributed by atoms with Crippen LogP contribution in [0.2, 0.25) is 0 Å². The summed E-state index contributed by atoms with van der Waals surface area (Å²) in [6, 6.07) is 18.8. The van der Waals surface area contributed by atoms with Gasteiger partial charge in [0.25, 0.3) is 0 Å². The van der Waals surface area contributed by atoms with Gasteiger partial charge in [-0.25, -0.2) is 0 Å². The smallest absolute Gasteiger partial charge is 0.0473 e. The van der Waals surface area contributed by atoms with Gasteiger partial charge < -0.3 is 10.6 Å². The predicted octanol–water partition coefficient (Wildman–Crippen LogP) is 3.13. The van der Waals surface area contributed by atoms with Gasteiger partial charge in [-0.3, -0.25) is 0 Å². The molecular formula is C16H20N2. The molecule has 0 aromatic heterocycles. The minimum atomic E-state index is 0.0371. The maximum Gasteiger partial charge on any atom is 0.0473 e. The molecule has 2 heteroatoms. The Morgan fingerprint density at radius 1 is 1.06 bits per heavy atom. The third-order valence-corrected chi connectivity index (χ3v) is 3.14. The third-order valence-electron chi connectivity index (χ3n) is 3.14. The first-order valence-electron chi connectivity index (χ1n) is 6.25. The molecule has 18 heavy (non-hydrogen) atoms. The summed E-state index contributed by atoms with van der Waals surface area (Å²) in [5, 5.41) is 0. The molecule has 0 aliphatic rings. The van der Waals surface area contributed by atoms with Crippen molar-refractivity contribution in [3.8, 4) is 0 Å². The number of anilines is 1. The van der Waals surface area contributed by atoms with Crippen molar-refractivity contribution in [3.63, 3.8) is 0 Å². The van der Waals surface area contributed by atoms with Crippen LogP contribution in [0.25, 0.3) is 0 Å². The van der Waals surface area contributed by atoms with E-state index in [-0.39, 0.29) is 6.04 Å². The zero-order chi connectivity index (χ0) is 13.0. The SMILES string of the molecule is Cc1cccc(C(N)CN(C)c2ccccc2)c1. The average molecular weight is 240 g/mol. The first-order chi connectivity index (χ1) is 8.66. The van der Waals surface area contributed by atoms with Crippen molar-refractivity contribution in [1.82, 2.24) is 0 Å². The van der Waals surface area contributed by atoms with Gasteiger partial charge in [-0.05, 0) is 24.6 Å². The van der Waals surface area contributed by atoms with E-state index in [1.54, 1.807) is 0 Å². The molecule has 94 valence electrons. The van der Waals surface area contributed by atoms with Crippen molar-refractivity contribution in [2.45, 2.75) is 13.0 Å². The van der Waals surface area contributed by atoms with Crippen molar-refractivity contribution >= 4 is 5.69 Å². The lowest BCUT2D eigenvalue weighted by atomic mass is 10.0. The van der Waals surface area contributed by atoms with Crippen LogP contribution in [-0.2, 0) is 0 Å². The lowest BCUT2D eigenvalue weighted by Crippen LogP contribution is -2.28. The highest BCUT2D eigenvalue weighted by Gasteiger charge is 2.09. The summed E-state index contributed by atoms with van der Waals surface area (Å²) in [5.74, 6) is 0. The molecule has 0 saturated carbocycles.